The predicted molar refractivity (Wildman–Crippen MR) is 73.7 cm³/mol. The molecule has 1 aliphatic rings. The van der Waals surface area contributed by atoms with Crippen LogP contribution in [0.5, 0.6) is 5.75 Å². The number of aliphatic hydroxyl groups excluding tert-OH is 1. The maximum Gasteiger partial charge on any atom is 0.322 e. The van der Waals surface area contributed by atoms with E-state index in [2.05, 4.69) is 0 Å². The number of carbonyl (C=O) groups is 1. The Hall–Kier alpha value is -1.64. The Balaban J connectivity index is 2.42. The van der Waals surface area contributed by atoms with Gasteiger partial charge in [-0.05, 0) is 30.7 Å². The van der Waals surface area contributed by atoms with E-state index in [1.54, 1.807) is 6.92 Å². The van der Waals surface area contributed by atoms with Crippen molar-refractivity contribution < 1.29 is 28.2 Å². The van der Waals surface area contributed by atoms with Gasteiger partial charge in [-0.2, -0.15) is 4.31 Å². The van der Waals surface area contributed by atoms with Crippen LogP contribution < -0.4 is 4.74 Å². The SMILES string of the molecule is COc1ccc(S(=O)(=O)N2CC(O)CC2C(=O)O)cc1C. The second-order valence-electron chi connectivity index (χ2n) is 4.95. The van der Waals surface area contributed by atoms with Crippen LogP contribution in [0.25, 0.3) is 0 Å². The summed E-state index contributed by atoms with van der Waals surface area (Å²) in [4.78, 5) is 11.2. The van der Waals surface area contributed by atoms with E-state index in [1.165, 1.54) is 25.3 Å². The van der Waals surface area contributed by atoms with Crippen molar-refractivity contribution in [2.24, 2.45) is 0 Å². The van der Waals surface area contributed by atoms with Crippen molar-refractivity contribution in [1.29, 1.82) is 0 Å². The zero-order chi connectivity index (χ0) is 15.8. The van der Waals surface area contributed by atoms with E-state index in [4.69, 9.17) is 9.84 Å². The van der Waals surface area contributed by atoms with Crippen LogP contribution in [0.15, 0.2) is 23.1 Å². The van der Waals surface area contributed by atoms with E-state index in [1.807, 2.05) is 0 Å². The molecule has 0 saturated carbocycles. The van der Waals surface area contributed by atoms with Gasteiger partial charge in [0.05, 0.1) is 18.1 Å². The van der Waals surface area contributed by atoms with E-state index in [9.17, 15) is 18.3 Å². The van der Waals surface area contributed by atoms with Gasteiger partial charge in [0, 0.05) is 13.0 Å². The summed E-state index contributed by atoms with van der Waals surface area (Å²) in [5, 5.41) is 18.7. The average Bonchev–Trinajstić information content (AvgIpc) is 2.81. The number of ether oxygens (including phenoxy) is 1. The fraction of sp³-hybridized carbons (Fsp3) is 0.462. The number of nitrogens with zero attached hydrogens (tertiary/aromatic N) is 1. The van der Waals surface area contributed by atoms with Gasteiger partial charge in [0.25, 0.3) is 0 Å². The molecule has 1 aromatic rings. The average molecular weight is 315 g/mol. The zero-order valence-electron chi connectivity index (χ0n) is 11.7. The lowest BCUT2D eigenvalue weighted by Crippen LogP contribution is -2.40. The van der Waals surface area contributed by atoms with Crippen molar-refractivity contribution in [2.45, 2.75) is 30.4 Å². The first-order valence-corrected chi connectivity index (χ1v) is 7.78. The fourth-order valence-electron chi connectivity index (χ4n) is 2.42. The highest BCUT2D eigenvalue weighted by atomic mass is 32.2. The zero-order valence-corrected chi connectivity index (χ0v) is 12.5. The number of aliphatic carboxylic acids is 1. The van der Waals surface area contributed by atoms with Crippen LogP contribution in [0.3, 0.4) is 0 Å². The third-order valence-electron chi connectivity index (χ3n) is 3.49. The van der Waals surface area contributed by atoms with Crippen LogP contribution in [0.2, 0.25) is 0 Å². The summed E-state index contributed by atoms with van der Waals surface area (Å²) >= 11 is 0. The number of hydrogen-bond donors (Lipinski definition) is 2. The Bertz CT molecular complexity index is 657. The highest BCUT2D eigenvalue weighted by Gasteiger charge is 2.43. The van der Waals surface area contributed by atoms with Gasteiger partial charge in [0.1, 0.15) is 11.8 Å². The molecule has 1 saturated heterocycles. The lowest BCUT2D eigenvalue weighted by atomic mass is 10.2. The first-order chi connectivity index (χ1) is 9.77. The smallest absolute Gasteiger partial charge is 0.322 e. The summed E-state index contributed by atoms with van der Waals surface area (Å²) in [5.74, 6) is -0.717. The lowest BCUT2D eigenvalue weighted by Gasteiger charge is -2.21. The molecule has 2 unspecified atom stereocenters. The molecule has 1 aliphatic heterocycles. The van der Waals surface area contributed by atoms with Crippen LogP contribution in [0.1, 0.15) is 12.0 Å². The van der Waals surface area contributed by atoms with Crippen LogP contribution in [0.4, 0.5) is 0 Å². The van der Waals surface area contributed by atoms with Crippen LogP contribution in [-0.2, 0) is 14.8 Å². The molecule has 0 amide bonds. The number of rotatable bonds is 4. The van der Waals surface area contributed by atoms with Gasteiger partial charge in [-0.15, -0.1) is 0 Å². The quantitative estimate of drug-likeness (QED) is 0.823. The molecule has 116 valence electrons. The Morgan fingerprint density at radius 2 is 2.10 bits per heavy atom. The standard InChI is InChI=1S/C13H17NO6S/c1-8-5-10(3-4-12(8)20-2)21(18,19)14-7-9(15)6-11(14)13(16)17/h3-5,9,11,15H,6-7H2,1-2H3,(H,16,17). The highest BCUT2D eigenvalue weighted by Crippen LogP contribution is 2.29. The number of carboxylic acid groups (broad SMARTS) is 1. The molecule has 21 heavy (non-hydrogen) atoms. The Kier molecular flexibility index (Phi) is 4.22. The molecular weight excluding hydrogens is 298 g/mol. The topological polar surface area (TPSA) is 104 Å². The van der Waals surface area contributed by atoms with Gasteiger partial charge in [0.2, 0.25) is 10.0 Å². The number of sulfonamides is 1. The molecule has 2 rings (SSSR count). The normalized spacial score (nSPS) is 23.2. The molecule has 1 fully saturated rings. The third kappa shape index (κ3) is 2.87. The van der Waals surface area contributed by atoms with Crippen LogP contribution >= 0.6 is 0 Å². The second kappa shape index (κ2) is 5.63. The minimum Gasteiger partial charge on any atom is -0.496 e. The number of hydrogen-bond acceptors (Lipinski definition) is 5. The molecule has 0 bridgehead atoms. The highest BCUT2D eigenvalue weighted by molar-refractivity contribution is 7.89. The Morgan fingerprint density at radius 1 is 1.43 bits per heavy atom. The van der Waals surface area contributed by atoms with Gasteiger partial charge in [0.15, 0.2) is 0 Å². The molecule has 2 N–H and O–H groups in total. The maximum atomic E-state index is 12.6. The third-order valence-corrected chi connectivity index (χ3v) is 5.36. The number of β-amino-alcohol motifs (C(OH)–C–C–N with tert-alkyl or cyclic N) is 1. The van der Waals surface area contributed by atoms with Crippen LogP contribution in [-0.4, -0.2) is 54.7 Å². The number of aryl methyl sites for hydroxylation is 1. The van der Waals surface area contributed by atoms with Crippen molar-refractivity contribution in [3.63, 3.8) is 0 Å². The van der Waals surface area contributed by atoms with Crippen LogP contribution in [0, 0.1) is 6.92 Å². The molecule has 0 aromatic heterocycles. The molecule has 7 nitrogen and oxygen atoms in total. The number of aliphatic hydroxyl groups is 1. The maximum absolute atomic E-state index is 12.6. The lowest BCUT2D eigenvalue weighted by molar-refractivity contribution is -0.140. The molecule has 0 radical (unpaired) electrons. The van der Waals surface area contributed by atoms with Crippen molar-refractivity contribution in [3.05, 3.63) is 23.8 Å². The molecule has 2 atom stereocenters. The molecule has 0 spiro atoms. The number of methoxy groups -OCH3 is 1. The molecule has 1 aromatic carbocycles. The molecular formula is C13H17NO6S. The first-order valence-electron chi connectivity index (χ1n) is 6.34. The number of carboxylic acids is 1. The van der Waals surface area contributed by atoms with Crippen molar-refractivity contribution in [2.75, 3.05) is 13.7 Å². The van der Waals surface area contributed by atoms with Crippen molar-refractivity contribution in [3.8, 4) is 5.75 Å². The Morgan fingerprint density at radius 3 is 2.62 bits per heavy atom. The predicted octanol–water partition coefficient (Wildman–Crippen LogP) is 0.212. The Labute approximate surface area is 122 Å². The van der Waals surface area contributed by atoms with Gasteiger partial charge in [-0.1, -0.05) is 0 Å². The van der Waals surface area contributed by atoms with E-state index in [-0.39, 0.29) is 17.9 Å². The fourth-order valence-corrected chi connectivity index (χ4v) is 4.14. The van der Waals surface area contributed by atoms with Gasteiger partial charge >= 0.3 is 5.97 Å². The van der Waals surface area contributed by atoms with Crippen molar-refractivity contribution >= 4 is 16.0 Å². The van der Waals surface area contributed by atoms with Gasteiger partial charge < -0.3 is 14.9 Å². The summed E-state index contributed by atoms with van der Waals surface area (Å²) in [6.07, 6.45) is -1.08. The van der Waals surface area contributed by atoms with E-state index >= 15 is 0 Å². The minimum atomic E-state index is -3.98. The summed E-state index contributed by atoms with van der Waals surface area (Å²) in [6.45, 7) is 1.48. The number of benzene rings is 1. The molecule has 8 heteroatoms. The van der Waals surface area contributed by atoms with Crippen molar-refractivity contribution in [1.82, 2.24) is 4.31 Å². The van der Waals surface area contributed by atoms with Gasteiger partial charge in [-0.25, -0.2) is 8.42 Å². The minimum absolute atomic E-state index is 0.0128. The monoisotopic (exact) mass is 315 g/mol. The summed E-state index contributed by atoms with van der Waals surface area (Å²) < 4.78 is 31.0. The van der Waals surface area contributed by atoms with E-state index < -0.39 is 28.1 Å². The first kappa shape index (κ1) is 15.7. The molecule has 0 aliphatic carbocycles. The summed E-state index contributed by atoms with van der Waals surface area (Å²) in [7, 11) is -2.50. The van der Waals surface area contributed by atoms with Gasteiger partial charge in [-0.3, -0.25) is 4.79 Å². The largest absolute Gasteiger partial charge is 0.496 e. The van der Waals surface area contributed by atoms with E-state index in [0.29, 0.717) is 11.3 Å². The summed E-state index contributed by atoms with van der Waals surface area (Å²) in [5.41, 5.74) is 0.630. The summed E-state index contributed by atoms with van der Waals surface area (Å²) in [6, 6.07) is 3.07. The second-order valence-corrected chi connectivity index (χ2v) is 6.84. The molecule has 1 heterocycles. The van der Waals surface area contributed by atoms with E-state index in [0.717, 1.165) is 4.31 Å².